The molecule has 0 bridgehead atoms. The van der Waals surface area contributed by atoms with Gasteiger partial charge in [-0.3, -0.25) is 9.59 Å². The Kier molecular flexibility index (Phi) is 4.71. The van der Waals surface area contributed by atoms with Gasteiger partial charge in [-0.15, -0.1) is 0 Å². The highest BCUT2D eigenvalue weighted by Crippen LogP contribution is 2.46. The van der Waals surface area contributed by atoms with Gasteiger partial charge in [0.2, 0.25) is 0 Å². The number of carbonyl (C=O) groups is 2. The van der Waals surface area contributed by atoms with Crippen LogP contribution in [-0.2, 0) is 19.1 Å². The van der Waals surface area contributed by atoms with Crippen LogP contribution in [0.4, 0.5) is 0 Å². The minimum absolute atomic E-state index is 0.245. The van der Waals surface area contributed by atoms with Crippen molar-refractivity contribution in [3.63, 3.8) is 0 Å². The Morgan fingerprint density at radius 2 is 1.78 bits per heavy atom. The highest BCUT2D eigenvalue weighted by Gasteiger charge is 2.49. The van der Waals surface area contributed by atoms with E-state index in [1.165, 1.54) is 13.0 Å². The molecule has 0 radical (unpaired) electrons. The summed E-state index contributed by atoms with van der Waals surface area (Å²) in [6, 6.07) is 6.39. The van der Waals surface area contributed by atoms with Crippen LogP contribution in [-0.4, -0.2) is 23.6 Å². The van der Waals surface area contributed by atoms with Crippen molar-refractivity contribution in [2.75, 3.05) is 0 Å². The van der Waals surface area contributed by atoms with Crippen LogP contribution < -0.4 is 10.4 Å². The number of rotatable bonds is 3. The van der Waals surface area contributed by atoms with E-state index in [-0.39, 0.29) is 11.5 Å². The molecule has 7 heteroatoms. The van der Waals surface area contributed by atoms with Crippen molar-refractivity contribution in [2.24, 2.45) is 5.92 Å². The lowest BCUT2D eigenvalue weighted by Gasteiger charge is -2.43. The van der Waals surface area contributed by atoms with Crippen molar-refractivity contribution in [2.45, 2.75) is 52.4 Å². The van der Waals surface area contributed by atoms with E-state index in [1.807, 2.05) is 0 Å². The average molecular weight is 374 g/mol. The molecule has 0 saturated heterocycles. The van der Waals surface area contributed by atoms with Crippen LogP contribution in [0.3, 0.4) is 0 Å². The van der Waals surface area contributed by atoms with Gasteiger partial charge in [0.25, 0.3) is 0 Å². The zero-order valence-corrected chi connectivity index (χ0v) is 15.9. The van der Waals surface area contributed by atoms with Crippen molar-refractivity contribution in [3.05, 3.63) is 40.2 Å². The standard InChI is InChI=1S/C20H22O7/c1-10(2)19(23)26-17-15-13(27-20(4,5)18(17)24-11(3)21)8-6-12-7-9-14(22)25-16(12)15/h6-10,17-18H,1-5H3/t17-,18-/m0/s1. The lowest BCUT2D eigenvalue weighted by Crippen LogP contribution is -2.52. The van der Waals surface area contributed by atoms with Gasteiger partial charge in [-0.25, -0.2) is 4.79 Å². The van der Waals surface area contributed by atoms with Gasteiger partial charge in [0.05, 0.1) is 11.5 Å². The Hall–Kier alpha value is -2.83. The van der Waals surface area contributed by atoms with E-state index in [9.17, 15) is 14.4 Å². The minimum Gasteiger partial charge on any atom is -0.483 e. The van der Waals surface area contributed by atoms with E-state index in [4.69, 9.17) is 18.6 Å². The second-order valence-electron chi connectivity index (χ2n) is 7.40. The number of esters is 2. The summed E-state index contributed by atoms with van der Waals surface area (Å²) >= 11 is 0. The van der Waals surface area contributed by atoms with Gasteiger partial charge in [0.15, 0.2) is 12.2 Å². The quantitative estimate of drug-likeness (QED) is 0.602. The van der Waals surface area contributed by atoms with Gasteiger partial charge in [-0.05, 0) is 32.0 Å². The first-order valence-electron chi connectivity index (χ1n) is 8.73. The highest BCUT2D eigenvalue weighted by molar-refractivity contribution is 5.84. The molecule has 0 N–H and O–H groups in total. The van der Waals surface area contributed by atoms with E-state index < -0.39 is 35.4 Å². The van der Waals surface area contributed by atoms with Gasteiger partial charge in [-0.2, -0.15) is 0 Å². The van der Waals surface area contributed by atoms with Crippen LogP contribution in [0.5, 0.6) is 5.75 Å². The molecule has 0 fully saturated rings. The molecule has 0 saturated carbocycles. The van der Waals surface area contributed by atoms with Crippen molar-refractivity contribution in [3.8, 4) is 5.75 Å². The SMILES string of the molecule is CC(=O)O[C@H]1[C@@H](OC(=O)C(C)C)c2c(ccc3ccc(=O)oc23)OC1(C)C. The van der Waals surface area contributed by atoms with Crippen LogP contribution in [0.2, 0.25) is 0 Å². The van der Waals surface area contributed by atoms with Gasteiger partial charge in [0.1, 0.15) is 16.9 Å². The molecule has 1 aliphatic heterocycles. The molecule has 2 heterocycles. The average Bonchev–Trinajstić information content (AvgIpc) is 2.56. The first-order valence-corrected chi connectivity index (χ1v) is 8.73. The molecule has 1 aliphatic rings. The maximum absolute atomic E-state index is 12.4. The smallest absolute Gasteiger partial charge is 0.336 e. The fourth-order valence-corrected chi connectivity index (χ4v) is 3.12. The van der Waals surface area contributed by atoms with Crippen molar-refractivity contribution in [1.29, 1.82) is 0 Å². The van der Waals surface area contributed by atoms with Crippen LogP contribution >= 0.6 is 0 Å². The Balaban J connectivity index is 2.25. The molecule has 3 rings (SSSR count). The summed E-state index contributed by atoms with van der Waals surface area (Å²) in [5.74, 6) is -0.977. The van der Waals surface area contributed by atoms with E-state index in [0.29, 0.717) is 16.7 Å². The fourth-order valence-electron chi connectivity index (χ4n) is 3.12. The third kappa shape index (κ3) is 3.54. The second kappa shape index (κ2) is 6.72. The molecule has 1 aromatic heterocycles. The first-order chi connectivity index (χ1) is 12.6. The molecule has 2 atom stereocenters. The topological polar surface area (TPSA) is 92.0 Å². The monoisotopic (exact) mass is 374 g/mol. The van der Waals surface area contributed by atoms with Crippen LogP contribution in [0.1, 0.15) is 46.3 Å². The molecule has 2 aromatic rings. The summed E-state index contributed by atoms with van der Waals surface area (Å²) < 4.78 is 22.6. The molecule has 0 unspecified atom stereocenters. The number of hydrogen-bond acceptors (Lipinski definition) is 7. The molecule has 7 nitrogen and oxygen atoms in total. The molecule has 144 valence electrons. The molecule has 27 heavy (non-hydrogen) atoms. The van der Waals surface area contributed by atoms with Crippen LogP contribution in [0.25, 0.3) is 11.0 Å². The Morgan fingerprint density at radius 3 is 2.41 bits per heavy atom. The molecule has 1 aromatic carbocycles. The number of benzene rings is 1. The van der Waals surface area contributed by atoms with Crippen molar-refractivity contribution < 1.29 is 28.2 Å². The summed E-state index contributed by atoms with van der Waals surface area (Å²) in [4.78, 5) is 35.9. The third-order valence-electron chi connectivity index (χ3n) is 4.41. The normalized spacial score (nSPS) is 20.7. The summed E-state index contributed by atoms with van der Waals surface area (Å²) in [6.07, 6.45) is -1.89. The Morgan fingerprint density at radius 1 is 1.11 bits per heavy atom. The van der Waals surface area contributed by atoms with Crippen LogP contribution in [0, 0.1) is 5.92 Å². The maximum atomic E-state index is 12.4. The first kappa shape index (κ1) is 18.9. The summed E-state index contributed by atoms with van der Waals surface area (Å²) in [7, 11) is 0. The molecular weight excluding hydrogens is 352 g/mol. The zero-order valence-electron chi connectivity index (χ0n) is 15.9. The number of ether oxygens (including phenoxy) is 3. The largest absolute Gasteiger partial charge is 0.483 e. The number of fused-ring (bicyclic) bond motifs is 3. The van der Waals surface area contributed by atoms with E-state index in [0.717, 1.165) is 0 Å². The van der Waals surface area contributed by atoms with Crippen LogP contribution in [0.15, 0.2) is 33.5 Å². The second-order valence-corrected chi connectivity index (χ2v) is 7.40. The van der Waals surface area contributed by atoms with E-state index >= 15 is 0 Å². The Bertz CT molecular complexity index is 954. The van der Waals surface area contributed by atoms with Crippen molar-refractivity contribution in [1.82, 2.24) is 0 Å². The van der Waals surface area contributed by atoms with E-state index in [2.05, 4.69) is 0 Å². The van der Waals surface area contributed by atoms with Gasteiger partial charge < -0.3 is 18.6 Å². The summed E-state index contributed by atoms with van der Waals surface area (Å²) in [5, 5.41) is 0.642. The molecule has 0 aliphatic carbocycles. The van der Waals surface area contributed by atoms with Gasteiger partial charge >= 0.3 is 17.6 Å². The molecule has 0 amide bonds. The van der Waals surface area contributed by atoms with Gasteiger partial charge in [-0.1, -0.05) is 13.8 Å². The maximum Gasteiger partial charge on any atom is 0.336 e. The van der Waals surface area contributed by atoms with Gasteiger partial charge in [0, 0.05) is 18.4 Å². The minimum atomic E-state index is -0.975. The Labute approximate surface area is 156 Å². The number of carbonyl (C=O) groups excluding carboxylic acids is 2. The zero-order chi connectivity index (χ0) is 19.9. The fraction of sp³-hybridized carbons (Fsp3) is 0.450. The predicted molar refractivity (Wildman–Crippen MR) is 96.4 cm³/mol. The predicted octanol–water partition coefficient (Wildman–Crippen LogP) is 3.14. The summed E-state index contributed by atoms with van der Waals surface area (Å²) in [6.45, 7) is 8.17. The highest BCUT2D eigenvalue weighted by atomic mass is 16.6. The molecular formula is C20H22O7. The van der Waals surface area contributed by atoms with E-state index in [1.54, 1.807) is 45.9 Å². The lowest BCUT2D eigenvalue weighted by atomic mass is 9.87. The number of hydrogen-bond donors (Lipinski definition) is 0. The summed E-state index contributed by atoms with van der Waals surface area (Å²) in [5.41, 5.74) is -0.888. The third-order valence-corrected chi connectivity index (χ3v) is 4.41. The lowest BCUT2D eigenvalue weighted by molar-refractivity contribution is -0.190. The van der Waals surface area contributed by atoms with Crippen molar-refractivity contribution >= 4 is 22.9 Å². The molecule has 0 spiro atoms.